The molecule has 2 aromatic carbocycles. The topological polar surface area (TPSA) is 63.4 Å². The first-order valence-corrected chi connectivity index (χ1v) is 13.2. The zero-order valence-electron chi connectivity index (χ0n) is 18.9. The van der Waals surface area contributed by atoms with Gasteiger partial charge in [-0.15, -0.1) is 0 Å². The molecular formula is C25H29BrN2O3S. The molecule has 1 saturated heterocycles. The van der Waals surface area contributed by atoms with Crippen molar-refractivity contribution in [2.45, 2.75) is 55.9 Å². The molecule has 1 aromatic heterocycles. The third-order valence-electron chi connectivity index (χ3n) is 6.03. The molecule has 0 saturated carbocycles. The van der Waals surface area contributed by atoms with Crippen molar-refractivity contribution < 1.29 is 12.8 Å². The van der Waals surface area contributed by atoms with Gasteiger partial charge in [0.2, 0.25) is 26.6 Å². The van der Waals surface area contributed by atoms with Gasteiger partial charge in [-0.05, 0) is 66.1 Å². The van der Waals surface area contributed by atoms with Gasteiger partial charge in [-0.2, -0.15) is 4.98 Å². The SMILES string of the molecule is CC1CCN(c2oc(-c3ccc(C(C)(C)C)cc3)nc2S(=O)(=O)c2ccc(Br)cc2)CC1. The summed E-state index contributed by atoms with van der Waals surface area (Å²) >= 11 is 3.37. The van der Waals surface area contributed by atoms with Gasteiger partial charge in [0, 0.05) is 23.1 Å². The molecule has 1 aliphatic rings. The second-order valence-electron chi connectivity index (χ2n) is 9.58. The number of hydrogen-bond donors (Lipinski definition) is 0. The molecule has 7 heteroatoms. The molecular weight excluding hydrogens is 488 g/mol. The molecule has 5 nitrogen and oxygen atoms in total. The van der Waals surface area contributed by atoms with Gasteiger partial charge in [-0.3, -0.25) is 0 Å². The quantitative estimate of drug-likeness (QED) is 0.397. The maximum absolute atomic E-state index is 13.5. The summed E-state index contributed by atoms with van der Waals surface area (Å²) in [5.74, 6) is 1.29. The van der Waals surface area contributed by atoms with Crippen LogP contribution in [-0.2, 0) is 15.3 Å². The number of aromatic nitrogens is 1. The lowest BCUT2D eigenvalue weighted by Crippen LogP contribution is -2.33. The maximum Gasteiger partial charge on any atom is 0.236 e. The monoisotopic (exact) mass is 516 g/mol. The first-order chi connectivity index (χ1) is 15.1. The van der Waals surface area contributed by atoms with Crippen LogP contribution < -0.4 is 4.90 Å². The molecule has 32 heavy (non-hydrogen) atoms. The zero-order chi connectivity index (χ0) is 23.1. The van der Waals surface area contributed by atoms with Gasteiger partial charge in [0.25, 0.3) is 0 Å². The Morgan fingerprint density at radius 2 is 1.59 bits per heavy atom. The average Bonchev–Trinajstić information content (AvgIpc) is 3.20. The van der Waals surface area contributed by atoms with E-state index in [2.05, 4.69) is 48.6 Å². The molecule has 1 fully saturated rings. The number of nitrogens with zero attached hydrogens (tertiary/aromatic N) is 2. The fraction of sp³-hybridized carbons (Fsp3) is 0.400. The molecule has 0 radical (unpaired) electrons. The summed E-state index contributed by atoms with van der Waals surface area (Å²) in [6.45, 7) is 10.2. The maximum atomic E-state index is 13.5. The third-order valence-corrected chi connectivity index (χ3v) is 8.22. The van der Waals surface area contributed by atoms with Crippen LogP contribution in [0.1, 0.15) is 46.1 Å². The molecule has 4 rings (SSSR count). The van der Waals surface area contributed by atoms with Crippen molar-refractivity contribution in [3.05, 3.63) is 58.6 Å². The Morgan fingerprint density at radius 3 is 2.16 bits per heavy atom. The van der Waals surface area contributed by atoms with Crippen molar-refractivity contribution in [1.82, 2.24) is 4.98 Å². The van der Waals surface area contributed by atoms with Crippen LogP contribution in [0.4, 0.5) is 5.88 Å². The zero-order valence-corrected chi connectivity index (χ0v) is 21.3. The van der Waals surface area contributed by atoms with Crippen LogP contribution in [0.2, 0.25) is 0 Å². The van der Waals surface area contributed by atoms with E-state index in [4.69, 9.17) is 4.42 Å². The van der Waals surface area contributed by atoms with Crippen molar-refractivity contribution in [3.8, 4) is 11.5 Å². The predicted octanol–water partition coefficient (Wildman–Crippen LogP) is 6.47. The number of hydrogen-bond acceptors (Lipinski definition) is 5. The smallest absolute Gasteiger partial charge is 0.236 e. The summed E-state index contributed by atoms with van der Waals surface area (Å²) in [4.78, 5) is 6.75. The van der Waals surface area contributed by atoms with Crippen LogP contribution in [0.3, 0.4) is 0 Å². The van der Waals surface area contributed by atoms with Crippen LogP contribution in [-0.4, -0.2) is 26.5 Å². The van der Waals surface area contributed by atoms with Crippen molar-refractivity contribution in [2.24, 2.45) is 5.92 Å². The molecule has 0 amide bonds. The van der Waals surface area contributed by atoms with Gasteiger partial charge < -0.3 is 9.32 Å². The van der Waals surface area contributed by atoms with Crippen LogP contribution >= 0.6 is 15.9 Å². The van der Waals surface area contributed by atoms with E-state index in [1.54, 1.807) is 24.3 Å². The first-order valence-electron chi connectivity index (χ1n) is 10.9. The summed E-state index contributed by atoms with van der Waals surface area (Å²) in [5.41, 5.74) is 1.99. The largest absolute Gasteiger partial charge is 0.419 e. The average molecular weight is 517 g/mol. The lowest BCUT2D eigenvalue weighted by Gasteiger charge is -2.30. The number of rotatable bonds is 4. The standard InChI is InChI=1S/C25H29BrN2O3S/c1-17-13-15-28(16-14-17)24-23(32(29,30)21-11-9-20(26)10-12-21)27-22(31-24)18-5-7-19(8-6-18)25(2,3)4/h5-12,17H,13-16H2,1-4H3. The molecule has 170 valence electrons. The van der Waals surface area contributed by atoms with Gasteiger partial charge in [0.1, 0.15) is 0 Å². The number of halogens is 1. The molecule has 0 aliphatic carbocycles. The highest BCUT2D eigenvalue weighted by Crippen LogP contribution is 2.37. The van der Waals surface area contributed by atoms with Crippen molar-refractivity contribution in [3.63, 3.8) is 0 Å². The molecule has 0 spiro atoms. The molecule has 0 atom stereocenters. The normalized spacial score (nSPS) is 15.8. The summed E-state index contributed by atoms with van der Waals surface area (Å²) in [6, 6.07) is 14.6. The second kappa shape index (κ2) is 8.67. The Bertz CT molecular complexity index is 1190. The lowest BCUT2D eigenvalue weighted by molar-refractivity contribution is 0.415. The molecule has 0 bridgehead atoms. The van der Waals surface area contributed by atoms with E-state index in [1.165, 1.54) is 5.56 Å². The van der Waals surface area contributed by atoms with Crippen molar-refractivity contribution in [1.29, 1.82) is 0 Å². The highest BCUT2D eigenvalue weighted by atomic mass is 79.9. The summed E-state index contributed by atoms with van der Waals surface area (Å²) < 4.78 is 34.1. The number of sulfone groups is 1. The third kappa shape index (κ3) is 4.64. The first kappa shape index (κ1) is 23.1. The molecule has 0 unspecified atom stereocenters. The van der Waals surface area contributed by atoms with Crippen LogP contribution in [0.15, 0.2) is 67.3 Å². The van der Waals surface area contributed by atoms with E-state index in [-0.39, 0.29) is 15.3 Å². The number of oxazole rings is 1. The number of anilines is 1. The van der Waals surface area contributed by atoms with E-state index in [9.17, 15) is 8.42 Å². The molecule has 1 aliphatic heterocycles. The highest BCUT2D eigenvalue weighted by molar-refractivity contribution is 9.10. The highest BCUT2D eigenvalue weighted by Gasteiger charge is 2.32. The molecule has 0 N–H and O–H groups in total. The van der Waals surface area contributed by atoms with E-state index in [0.717, 1.165) is 36.0 Å². The Balaban J connectivity index is 1.79. The summed E-state index contributed by atoms with van der Waals surface area (Å²) in [7, 11) is -3.84. The van der Waals surface area contributed by atoms with Crippen LogP contribution in [0, 0.1) is 5.92 Å². The van der Waals surface area contributed by atoms with E-state index < -0.39 is 9.84 Å². The van der Waals surface area contributed by atoms with Crippen molar-refractivity contribution in [2.75, 3.05) is 18.0 Å². The molecule has 2 heterocycles. The second-order valence-corrected chi connectivity index (χ2v) is 12.4. The van der Waals surface area contributed by atoms with Crippen LogP contribution in [0.5, 0.6) is 0 Å². The van der Waals surface area contributed by atoms with Crippen molar-refractivity contribution >= 4 is 31.7 Å². The number of piperidine rings is 1. The minimum absolute atomic E-state index is 0.00993. The van der Waals surface area contributed by atoms with Crippen LogP contribution in [0.25, 0.3) is 11.5 Å². The van der Waals surface area contributed by atoms with Gasteiger partial charge >= 0.3 is 0 Å². The minimum atomic E-state index is -3.84. The molecule has 3 aromatic rings. The lowest BCUT2D eigenvalue weighted by atomic mass is 9.87. The van der Waals surface area contributed by atoms with E-state index in [1.807, 2.05) is 29.2 Å². The fourth-order valence-electron chi connectivity index (χ4n) is 3.85. The summed E-state index contributed by atoms with van der Waals surface area (Å²) in [6.07, 6.45) is 1.99. The fourth-order valence-corrected chi connectivity index (χ4v) is 5.43. The Hall–Kier alpha value is -2.12. The summed E-state index contributed by atoms with van der Waals surface area (Å²) in [5, 5.41) is -0.00993. The Labute approximate surface area is 198 Å². The van der Waals surface area contributed by atoms with Gasteiger partial charge in [-0.25, -0.2) is 8.42 Å². The number of benzene rings is 2. The minimum Gasteiger partial charge on any atom is -0.419 e. The van der Waals surface area contributed by atoms with E-state index in [0.29, 0.717) is 17.7 Å². The van der Waals surface area contributed by atoms with Gasteiger partial charge in [-0.1, -0.05) is 55.8 Å². The predicted molar refractivity (Wildman–Crippen MR) is 131 cm³/mol. The Kier molecular flexibility index (Phi) is 6.25. The Morgan fingerprint density at radius 1 is 1.00 bits per heavy atom. The van der Waals surface area contributed by atoms with E-state index >= 15 is 0 Å². The van der Waals surface area contributed by atoms with Gasteiger partial charge in [0.15, 0.2) is 0 Å². The van der Waals surface area contributed by atoms with Gasteiger partial charge in [0.05, 0.1) is 4.90 Å².